The van der Waals surface area contributed by atoms with Gasteiger partial charge in [-0.25, -0.2) is 13.1 Å². The van der Waals surface area contributed by atoms with Crippen LogP contribution in [-0.4, -0.2) is 26.7 Å². The SMILES string of the molecule is Nc1cccc(CS(=O)(=O)NCCO)c1. The van der Waals surface area contributed by atoms with Gasteiger partial charge in [0.15, 0.2) is 0 Å². The molecule has 0 bridgehead atoms. The van der Waals surface area contributed by atoms with Crippen molar-refractivity contribution < 1.29 is 13.5 Å². The topological polar surface area (TPSA) is 92.4 Å². The Bertz CT molecular complexity index is 417. The number of nitrogens with one attached hydrogen (secondary N) is 1. The highest BCUT2D eigenvalue weighted by molar-refractivity contribution is 7.88. The van der Waals surface area contributed by atoms with Crippen molar-refractivity contribution in [2.45, 2.75) is 5.75 Å². The molecule has 0 saturated carbocycles. The molecule has 5 nitrogen and oxygen atoms in total. The van der Waals surface area contributed by atoms with Crippen molar-refractivity contribution in [2.75, 3.05) is 18.9 Å². The van der Waals surface area contributed by atoms with Crippen LogP contribution in [0.15, 0.2) is 24.3 Å². The van der Waals surface area contributed by atoms with Gasteiger partial charge in [-0.15, -0.1) is 0 Å². The average Bonchev–Trinajstić information content (AvgIpc) is 2.14. The highest BCUT2D eigenvalue weighted by Crippen LogP contribution is 2.09. The number of sulfonamides is 1. The van der Waals surface area contributed by atoms with E-state index >= 15 is 0 Å². The van der Waals surface area contributed by atoms with Crippen molar-refractivity contribution in [1.29, 1.82) is 0 Å². The summed E-state index contributed by atoms with van der Waals surface area (Å²) >= 11 is 0. The molecule has 15 heavy (non-hydrogen) atoms. The van der Waals surface area contributed by atoms with E-state index in [2.05, 4.69) is 4.72 Å². The zero-order chi connectivity index (χ0) is 11.3. The van der Waals surface area contributed by atoms with Gasteiger partial charge in [0, 0.05) is 12.2 Å². The minimum absolute atomic E-state index is 0.0324. The second-order valence-corrected chi connectivity index (χ2v) is 4.93. The Labute approximate surface area is 89.0 Å². The van der Waals surface area contributed by atoms with Crippen LogP contribution in [0.5, 0.6) is 0 Å². The number of hydrogen-bond donors (Lipinski definition) is 3. The molecule has 1 aromatic carbocycles. The molecule has 0 atom stereocenters. The summed E-state index contributed by atoms with van der Waals surface area (Å²) < 4.78 is 25.1. The summed E-state index contributed by atoms with van der Waals surface area (Å²) in [7, 11) is -3.38. The molecule has 6 heteroatoms. The first-order valence-corrected chi connectivity index (χ1v) is 6.11. The van der Waals surface area contributed by atoms with Gasteiger partial charge in [-0.3, -0.25) is 0 Å². The Morgan fingerprint density at radius 1 is 1.40 bits per heavy atom. The van der Waals surface area contributed by atoms with Crippen LogP contribution in [-0.2, 0) is 15.8 Å². The lowest BCUT2D eigenvalue weighted by Crippen LogP contribution is -2.27. The van der Waals surface area contributed by atoms with Crippen LogP contribution in [0.2, 0.25) is 0 Å². The van der Waals surface area contributed by atoms with Gasteiger partial charge >= 0.3 is 0 Å². The van der Waals surface area contributed by atoms with Crippen molar-refractivity contribution in [3.8, 4) is 0 Å². The fraction of sp³-hybridized carbons (Fsp3) is 0.333. The molecule has 0 heterocycles. The van der Waals surface area contributed by atoms with E-state index in [0.717, 1.165) is 0 Å². The maximum atomic E-state index is 11.4. The Kier molecular flexibility index (Phi) is 4.07. The van der Waals surface area contributed by atoms with Gasteiger partial charge in [0.2, 0.25) is 10.0 Å². The van der Waals surface area contributed by atoms with Crippen LogP contribution in [0.25, 0.3) is 0 Å². The summed E-state index contributed by atoms with van der Waals surface area (Å²) in [4.78, 5) is 0. The fourth-order valence-electron chi connectivity index (χ4n) is 1.15. The summed E-state index contributed by atoms with van der Waals surface area (Å²) in [5, 5.41) is 8.49. The standard InChI is InChI=1S/C9H14N2O3S/c10-9-3-1-2-8(6-9)7-15(13,14)11-4-5-12/h1-3,6,11-12H,4-5,7,10H2. The number of anilines is 1. The van der Waals surface area contributed by atoms with Gasteiger partial charge in [-0.2, -0.15) is 0 Å². The van der Waals surface area contributed by atoms with E-state index in [1.54, 1.807) is 24.3 Å². The lowest BCUT2D eigenvalue weighted by atomic mass is 10.2. The van der Waals surface area contributed by atoms with Crippen LogP contribution < -0.4 is 10.5 Å². The van der Waals surface area contributed by atoms with Crippen molar-refractivity contribution in [1.82, 2.24) is 4.72 Å². The predicted octanol–water partition coefficient (Wildman–Crippen LogP) is -0.320. The van der Waals surface area contributed by atoms with E-state index in [1.165, 1.54) is 0 Å². The summed E-state index contributed by atoms with van der Waals surface area (Å²) in [6.45, 7) is -0.180. The maximum Gasteiger partial charge on any atom is 0.215 e. The second-order valence-electron chi connectivity index (χ2n) is 3.12. The van der Waals surface area contributed by atoms with Crippen molar-refractivity contribution in [3.05, 3.63) is 29.8 Å². The lowest BCUT2D eigenvalue weighted by molar-refractivity contribution is 0.301. The van der Waals surface area contributed by atoms with Gasteiger partial charge in [-0.1, -0.05) is 12.1 Å². The smallest absolute Gasteiger partial charge is 0.215 e. The van der Waals surface area contributed by atoms with Gasteiger partial charge in [0.1, 0.15) is 0 Å². The van der Waals surface area contributed by atoms with Gasteiger partial charge < -0.3 is 10.8 Å². The van der Waals surface area contributed by atoms with Crippen LogP contribution in [0.3, 0.4) is 0 Å². The maximum absolute atomic E-state index is 11.4. The van der Waals surface area contributed by atoms with E-state index in [0.29, 0.717) is 11.3 Å². The molecule has 1 aromatic rings. The third-order valence-electron chi connectivity index (χ3n) is 1.74. The molecule has 0 fully saturated rings. The zero-order valence-electron chi connectivity index (χ0n) is 8.18. The van der Waals surface area contributed by atoms with Crippen LogP contribution in [0, 0.1) is 0 Å². The molecule has 84 valence electrons. The number of aliphatic hydroxyl groups excluding tert-OH is 1. The number of nitrogens with two attached hydrogens (primary N) is 1. The van der Waals surface area contributed by atoms with E-state index < -0.39 is 10.0 Å². The Morgan fingerprint density at radius 2 is 2.13 bits per heavy atom. The Morgan fingerprint density at radius 3 is 2.73 bits per heavy atom. The van der Waals surface area contributed by atoms with Crippen LogP contribution in [0.4, 0.5) is 5.69 Å². The Hall–Kier alpha value is -1.11. The summed E-state index contributed by atoms with van der Waals surface area (Å²) in [5.41, 5.74) is 6.68. The second kappa shape index (κ2) is 5.11. The average molecular weight is 230 g/mol. The first-order valence-electron chi connectivity index (χ1n) is 4.46. The highest BCUT2D eigenvalue weighted by atomic mass is 32.2. The molecule has 1 rings (SSSR count). The molecule has 0 aromatic heterocycles. The molecule has 0 aliphatic carbocycles. The van der Waals surface area contributed by atoms with E-state index in [-0.39, 0.29) is 18.9 Å². The van der Waals surface area contributed by atoms with E-state index in [1.807, 2.05) is 0 Å². The normalized spacial score (nSPS) is 11.5. The minimum atomic E-state index is -3.38. The molecule has 0 radical (unpaired) electrons. The highest BCUT2D eigenvalue weighted by Gasteiger charge is 2.10. The number of hydrogen-bond acceptors (Lipinski definition) is 4. The van der Waals surface area contributed by atoms with Gasteiger partial charge in [-0.05, 0) is 17.7 Å². The van der Waals surface area contributed by atoms with Crippen molar-refractivity contribution in [3.63, 3.8) is 0 Å². The fourth-order valence-corrected chi connectivity index (χ4v) is 2.28. The summed E-state index contributed by atoms with van der Waals surface area (Å²) in [5.74, 6) is -0.127. The number of nitrogen functional groups attached to an aromatic ring is 1. The largest absolute Gasteiger partial charge is 0.399 e. The molecule has 0 aliphatic rings. The minimum Gasteiger partial charge on any atom is -0.399 e. The predicted molar refractivity (Wildman–Crippen MR) is 58.6 cm³/mol. The molecule has 4 N–H and O–H groups in total. The van der Waals surface area contributed by atoms with Crippen LogP contribution in [0.1, 0.15) is 5.56 Å². The first kappa shape index (κ1) is 12.0. The van der Waals surface area contributed by atoms with Crippen LogP contribution >= 0.6 is 0 Å². The monoisotopic (exact) mass is 230 g/mol. The number of benzene rings is 1. The molecule has 0 aliphatic heterocycles. The van der Waals surface area contributed by atoms with Crippen molar-refractivity contribution in [2.24, 2.45) is 0 Å². The molecule has 0 saturated heterocycles. The molecule has 0 unspecified atom stereocenters. The third kappa shape index (κ3) is 4.28. The number of aliphatic hydroxyl groups is 1. The first-order chi connectivity index (χ1) is 7.03. The lowest BCUT2D eigenvalue weighted by Gasteiger charge is -2.05. The van der Waals surface area contributed by atoms with Crippen molar-refractivity contribution >= 4 is 15.7 Å². The van der Waals surface area contributed by atoms with Gasteiger partial charge in [0.25, 0.3) is 0 Å². The Balaban J connectivity index is 2.69. The summed E-state index contributed by atoms with van der Waals surface area (Å²) in [6, 6.07) is 6.69. The zero-order valence-corrected chi connectivity index (χ0v) is 9.00. The van der Waals surface area contributed by atoms with Gasteiger partial charge in [0.05, 0.1) is 12.4 Å². The molecular weight excluding hydrogens is 216 g/mol. The molecule has 0 spiro atoms. The molecule has 0 amide bonds. The molecular formula is C9H14N2O3S. The third-order valence-corrected chi connectivity index (χ3v) is 3.10. The quantitative estimate of drug-likeness (QED) is 0.604. The van der Waals surface area contributed by atoms with E-state index in [4.69, 9.17) is 10.8 Å². The van der Waals surface area contributed by atoms with E-state index in [9.17, 15) is 8.42 Å². The number of rotatable bonds is 5. The summed E-state index contributed by atoms with van der Waals surface area (Å²) in [6.07, 6.45) is 0.